The molecule has 0 fully saturated rings. The molecule has 0 radical (unpaired) electrons. The van der Waals surface area contributed by atoms with Gasteiger partial charge in [-0.05, 0) is 46.5 Å². The van der Waals surface area contributed by atoms with Gasteiger partial charge in [0, 0.05) is 0 Å². The Kier molecular flexibility index (Phi) is 4.27. The molecule has 0 saturated carbocycles. The Hall–Kier alpha value is -1.03. The lowest BCUT2D eigenvalue weighted by Gasteiger charge is -2.11. The van der Waals surface area contributed by atoms with Gasteiger partial charge in [-0.3, -0.25) is 4.79 Å². The first-order valence-corrected chi connectivity index (χ1v) is 6.96. The Morgan fingerprint density at radius 1 is 1.28 bits per heavy atom. The molecule has 1 aromatic carbocycles. The van der Waals surface area contributed by atoms with Gasteiger partial charge in [-0.15, -0.1) is 0 Å². The van der Waals surface area contributed by atoms with Gasteiger partial charge in [-0.1, -0.05) is 29.3 Å². The highest BCUT2D eigenvalue weighted by Gasteiger charge is 2.20. The SMILES string of the molecule is O=C(O)C(Cc1ccc(Cl)c(Cl)c1)c1ccsc1. The molecule has 1 unspecified atom stereocenters. The highest BCUT2D eigenvalue weighted by molar-refractivity contribution is 7.08. The molecule has 5 heteroatoms. The van der Waals surface area contributed by atoms with Crippen molar-refractivity contribution in [2.75, 3.05) is 0 Å². The second kappa shape index (κ2) is 5.74. The van der Waals surface area contributed by atoms with Gasteiger partial charge >= 0.3 is 5.97 Å². The molecule has 1 N–H and O–H groups in total. The molecule has 1 aromatic heterocycles. The average Bonchev–Trinajstić information content (AvgIpc) is 2.83. The van der Waals surface area contributed by atoms with Crippen LogP contribution >= 0.6 is 34.5 Å². The second-order valence-electron chi connectivity index (χ2n) is 3.90. The van der Waals surface area contributed by atoms with Crippen LogP contribution in [0.2, 0.25) is 10.0 Å². The van der Waals surface area contributed by atoms with Crippen molar-refractivity contribution >= 4 is 40.5 Å². The fourth-order valence-corrected chi connectivity index (χ4v) is 2.76. The number of carbonyl (C=O) groups is 1. The normalized spacial score (nSPS) is 12.3. The van der Waals surface area contributed by atoms with Crippen molar-refractivity contribution in [2.45, 2.75) is 12.3 Å². The van der Waals surface area contributed by atoms with Crippen LogP contribution in [0.5, 0.6) is 0 Å². The molecule has 0 aliphatic rings. The van der Waals surface area contributed by atoms with Crippen molar-refractivity contribution in [3.8, 4) is 0 Å². The van der Waals surface area contributed by atoms with Crippen LogP contribution in [0.3, 0.4) is 0 Å². The van der Waals surface area contributed by atoms with E-state index in [4.69, 9.17) is 23.2 Å². The zero-order chi connectivity index (χ0) is 13.1. The van der Waals surface area contributed by atoms with Gasteiger partial charge in [0.2, 0.25) is 0 Å². The van der Waals surface area contributed by atoms with Gasteiger partial charge in [0.15, 0.2) is 0 Å². The van der Waals surface area contributed by atoms with Crippen LogP contribution in [0.25, 0.3) is 0 Å². The maximum absolute atomic E-state index is 11.3. The Morgan fingerprint density at radius 3 is 2.61 bits per heavy atom. The molecule has 2 aromatic rings. The number of benzene rings is 1. The van der Waals surface area contributed by atoms with Crippen LogP contribution < -0.4 is 0 Å². The van der Waals surface area contributed by atoms with Crippen molar-refractivity contribution in [1.29, 1.82) is 0 Å². The number of thiophene rings is 1. The highest BCUT2D eigenvalue weighted by Crippen LogP contribution is 2.27. The Labute approximate surface area is 119 Å². The predicted octanol–water partition coefficient (Wildman–Crippen LogP) is 4.47. The van der Waals surface area contributed by atoms with E-state index in [1.165, 1.54) is 11.3 Å². The number of hydrogen-bond acceptors (Lipinski definition) is 2. The summed E-state index contributed by atoms with van der Waals surface area (Å²) in [5.74, 6) is -1.38. The van der Waals surface area contributed by atoms with Gasteiger partial charge in [0.05, 0.1) is 16.0 Å². The summed E-state index contributed by atoms with van der Waals surface area (Å²) in [6, 6.07) is 7.04. The first-order chi connectivity index (χ1) is 8.58. The van der Waals surface area contributed by atoms with E-state index in [-0.39, 0.29) is 0 Å². The lowest BCUT2D eigenvalue weighted by atomic mass is 9.94. The van der Waals surface area contributed by atoms with E-state index in [9.17, 15) is 9.90 Å². The third-order valence-corrected chi connectivity index (χ3v) is 4.11. The molecule has 1 atom stereocenters. The molecule has 0 bridgehead atoms. The first kappa shape index (κ1) is 13.4. The summed E-state index contributed by atoms with van der Waals surface area (Å²) in [5, 5.41) is 13.9. The van der Waals surface area contributed by atoms with Crippen LogP contribution in [0.1, 0.15) is 17.0 Å². The standard InChI is InChI=1S/C13H10Cl2O2S/c14-11-2-1-8(6-12(11)15)5-10(13(16)17)9-3-4-18-7-9/h1-4,6-7,10H,5H2,(H,16,17). The zero-order valence-corrected chi connectivity index (χ0v) is 11.6. The number of rotatable bonds is 4. The summed E-state index contributed by atoms with van der Waals surface area (Å²) in [7, 11) is 0. The summed E-state index contributed by atoms with van der Waals surface area (Å²) >= 11 is 13.2. The van der Waals surface area contributed by atoms with Crippen LogP contribution in [-0.4, -0.2) is 11.1 Å². The summed E-state index contributed by atoms with van der Waals surface area (Å²) in [4.78, 5) is 11.3. The average molecular weight is 301 g/mol. The van der Waals surface area contributed by atoms with Crippen LogP contribution in [-0.2, 0) is 11.2 Å². The van der Waals surface area contributed by atoms with E-state index >= 15 is 0 Å². The summed E-state index contributed by atoms with van der Waals surface area (Å²) in [6.45, 7) is 0. The quantitative estimate of drug-likeness (QED) is 0.905. The smallest absolute Gasteiger partial charge is 0.311 e. The minimum absolute atomic E-state index is 0.406. The Bertz CT molecular complexity index is 552. The van der Waals surface area contributed by atoms with Gasteiger partial charge in [0.1, 0.15) is 0 Å². The van der Waals surface area contributed by atoms with Gasteiger partial charge in [-0.2, -0.15) is 11.3 Å². The largest absolute Gasteiger partial charge is 0.481 e. The minimum Gasteiger partial charge on any atom is -0.481 e. The Balaban J connectivity index is 2.24. The molecule has 0 aliphatic heterocycles. The fourth-order valence-electron chi connectivity index (χ4n) is 1.72. The van der Waals surface area contributed by atoms with E-state index in [2.05, 4.69) is 0 Å². The molecule has 94 valence electrons. The third kappa shape index (κ3) is 3.05. The maximum atomic E-state index is 11.3. The minimum atomic E-state index is -0.834. The second-order valence-corrected chi connectivity index (χ2v) is 5.49. The van der Waals surface area contributed by atoms with Crippen molar-refractivity contribution in [3.63, 3.8) is 0 Å². The first-order valence-electron chi connectivity index (χ1n) is 5.26. The number of aliphatic carboxylic acids is 1. The van der Waals surface area contributed by atoms with Crippen LogP contribution in [0.4, 0.5) is 0 Å². The lowest BCUT2D eigenvalue weighted by molar-refractivity contribution is -0.138. The van der Waals surface area contributed by atoms with E-state index in [1.807, 2.05) is 16.8 Å². The third-order valence-electron chi connectivity index (χ3n) is 2.67. The topological polar surface area (TPSA) is 37.3 Å². The number of carboxylic acid groups (broad SMARTS) is 1. The lowest BCUT2D eigenvalue weighted by Crippen LogP contribution is -2.13. The molecule has 0 amide bonds. The van der Waals surface area contributed by atoms with E-state index in [0.717, 1.165) is 11.1 Å². The molecule has 2 nitrogen and oxygen atoms in total. The monoisotopic (exact) mass is 300 g/mol. The molecule has 0 spiro atoms. The molecular formula is C13H10Cl2O2S. The summed E-state index contributed by atoms with van der Waals surface area (Å²) in [5.41, 5.74) is 1.68. The maximum Gasteiger partial charge on any atom is 0.311 e. The number of halogens is 2. The van der Waals surface area contributed by atoms with Gasteiger partial charge < -0.3 is 5.11 Å². The van der Waals surface area contributed by atoms with Gasteiger partial charge in [0.25, 0.3) is 0 Å². The van der Waals surface area contributed by atoms with Crippen molar-refractivity contribution in [1.82, 2.24) is 0 Å². The molecule has 1 heterocycles. The highest BCUT2D eigenvalue weighted by atomic mass is 35.5. The molecular weight excluding hydrogens is 291 g/mol. The predicted molar refractivity (Wildman–Crippen MR) is 74.9 cm³/mol. The Morgan fingerprint density at radius 2 is 2.06 bits per heavy atom. The molecule has 18 heavy (non-hydrogen) atoms. The molecule has 0 aliphatic carbocycles. The van der Waals surface area contributed by atoms with Crippen molar-refractivity contribution < 1.29 is 9.90 Å². The van der Waals surface area contributed by atoms with Crippen molar-refractivity contribution in [2.24, 2.45) is 0 Å². The number of carboxylic acids is 1. The number of hydrogen-bond donors (Lipinski definition) is 1. The van der Waals surface area contributed by atoms with Crippen molar-refractivity contribution in [3.05, 3.63) is 56.2 Å². The van der Waals surface area contributed by atoms with Crippen LogP contribution in [0, 0.1) is 0 Å². The van der Waals surface area contributed by atoms with E-state index < -0.39 is 11.9 Å². The summed E-state index contributed by atoms with van der Waals surface area (Å²) in [6.07, 6.45) is 0.406. The molecule has 0 saturated heterocycles. The van der Waals surface area contributed by atoms with Gasteiger partial charge in [-0.25, -0.2) is 0 Å². The summed E-state index contributed by atoms with van der Waals surface area (Å²) < 4.78 is 0. The fraction of sp³-hybridized carbons (Fsp3) is 0.154. The van der Waals surface area contributed by atoms with E-state index in [1.54, 1.807) is 18.2 Å². The zero-order valence-electron chi connectivity index (χ0n) is 9.27. The van der Waals surface area contributed by atoms with E-state index in [0.29, 0.717) is 16.5 Å². The molecule has 2 rings (SSSR count). The van der Waals surface area contributed by atoms with Crippen LogP contribution in [0.15, 0.2) is 35.0 Å².